The van der Waals surface area contributed by atoms with Crippen LogP contribution in [0.1, 0.15) is 24.0 Å². The van der Waals surface area contributed by atoms with Gasteiger partial charge in [0.15, 0.2) is 0 Å². The van der Waals surface area contributed by atoms with E-state index in [0.29, 0.717) is 0 Å². The van der Waals surface area contributed by atoms with Crippen molar-refractivity contribution in [3.05, 3.63) is 29.3 Å². The van der Waals surface area contributed by atoms with Crippen LogP contribution in [0.15, 0.2) is 18.2 Å². The van der Waals surface area contributed by atoms with Gasteiger partial charge in [0, 0.05) is 12.2 Å². The maximum atomic E-state index is 3.58. The van der Waals surface area contributed by atoms with Crippen molar-refractivity contribution in [1.29, 1.82) is 0 Å². The number of piperidine rings is 1. The molecule has 1 heterocycles. The molecule has 2 N–H and O–H groups in total. The van der Waals surface area contributed by atoms with Crippen LogP contribution < -0.4 is 10.6 Å². The first-order valence-corrected chi connectivity index (χ1v) is 6.28. The average molecular weight is 218 g/mol. The quantitative estimate of drug-likeness (QED) is 0.815. The highest BCUT2D eigenvalue weighted by Gasteiger charge is 2.12. The summed E-state index contributed by atoms with van der Waals surface area (Å²) in [6, 6.07) is 6.48. The minimum Gasteiger partial charge on any atom is -0.384 e. The number of anilines is 1. The van der Waals surface area contributed by atoms with Crippen LogP contribution in [-0.2, 0) is 0 Å². The van der Waals surface area contributed by atoms with Crippen LogP contribution in [-0.4, -0.2) is 19.6 Å². The fraction of sp³-hybridized carbons (Fsp3) is 0.571. The molecule has 0 aliphatic carbocycles. The third kappa shape index (κ3) is 2.76. The molecule has 1 aromatic rings. The van der Waals surface area contributed by atoms with Gasteiger partial charge in [-0.3, -0.25) is 0 Å². The third-order valence-corrected chi connectivity index (χ3v) is 3.58. The Morgan fingerprint density at radius 3 is 3.00 bits per heavy atom. The van der Waals surface area contributed by atoms with E-state index in [-0.39, 0.29) is 0 Å². The van der Waals surface area contributed by atoms with Crippen LogP contribution in [0.25, 0.3) is 0 Å². The van der Waals surface area contributed by atoms with Crippen molar-refractivity contribution < 1.29 is 0 Å². The lowest BCUT2D eigenvalue weighted by atomic mass is 9.99. The van der Waals surface area contributed by atoms with Gasteiger partial charge in [0.25, 0.3) is 0 Å². The minimum absolute atomic E-state index is 0.786. The van der Waals surface area contributed by atoms with Gasteiger partial charge >= 0.3 is 0 Å². The van der Waals surface area contributed by atoms with E-state index in [2.05, 4.69) is 42.7 Å². The Bertz CT molecular complexity index is 341. The summed E-state index contributed by atoms with van der Waals surface area (Å²) in [5.74, 6) is 0.786. The van der Waals surface area contributed by atoms with E-state index in [1.807, 2.05) is 0 Å². The molecule has 1 aliphatic heterocycles. The molecule has 0 bridgehead atoms. The summed E-state index contributed by atoms with van der Waals surface area (Å²) in [6.45, 7) is 7.81. The van der Waals surface area contributed by atoms with E-state index in [4.69, 9.17) is 0 Å². The molecule has 1 aliphatic rings. The van der Waals surface area contributed by atoms with Gasteiger partial charge in [0.2, 0.25) is 0 Å². The summed E-state index contributed by atoms with van der Waals surface area (Å²) in [6.07, 6.45) is 2.67. The molecular formula is C14H22N2. The number of benzene rings is 1. The molecule has 1 atom stereocenters. The van der Waals surface area contributed by atoms with E-state index in [0.717, 1.165) is 19.0 Å². The van der Waals surface area contributed by atoms with Crippen molar-refractivity contribution in [2.24, 2.45) is 5.92 Å². The first-order valence-electron chi connectivity index (χ1n) is 6.28. The second kappa shape index (κ2) is 5.35. The fourth-order valence-electron chi connectivity index (χ4n) is 2.30. The van der Waals surface area contributed by atoms with E-state index >= 15 is 0 Å². The highest BCUT2D eigenvalue weighted by Crippen LogP contribution is 2.19. The largest absolute Gasteiger partial charge is 0.384 e. The van der Waals surface area contributed by atoms with Crippen molar-refractivity contribution >= 4 is 5.69 Å². The lowest BCUT2D eigenvalue weighted by Crippen LogP contribution is -2.33. The number of aryl methyl sites for hydroxylation is 1. The minimum atomic E-state index is 0.786. The van der Waals surface area contributed by atoms with Gasteiger partial charge in [-0.2, -0.15) is 0 Å². The lowest BCUT2D eigenvalue weighted by molar-refractivity contribution is 0.393. The molecule has 2 heteroatoms. The van der Waals surface area contributed by atoms with Gasteiger partial charge in [-0.15, -0.1) is 0 Å². The van der Waals surface area contributed by atoms with Crippen molar-refractivity contribution in [1.82, 2.24) is 5.32 Å². The van der Waals surface area contributed by atoms with Gasteiger partial charge in [0.05, 0.1) is 0 Å². The van der Waals surface area contributed by atoms with Crippen LogP contribution >= 0.6 is 0 Å². The molecular weight excluding hydrogens is 196 g/mol. The summed E-state index contributed by atoms with van der Waals surface area (Å²) in [5, 5.41) is 7.04. The molecule has 2 nitrogen and oxygen atoms in total. The maximum Gasteiger partial charge on any atom is 0.0372 e. The molecule has 0 radical (unpaired) electrons. The van der Waals surface area contributed by atoms with E-state index in [1.165, 1.54) is 36.2 Å². The summed E-state index contributed by atoms with van der Waals surface area (Å²) in [7, 11) is 0. The zero-order valence-corrected chi connectivity index (χ0v) is 10.3. The SMILES string of the molecule is Cc1cccc(NCC2CCCNC2)c1C. The van der Waals surface area contributed by atoms with Crippen LogP contribution in [0.3, 0.4) is 0 Å². The molecule has 1 fully saturated rings. The maximum absolute atomic E-state index is 3.58. The van der Waals surface area contributed by atoms with Crippen molar-refractivity contribution in [3.63, 3.8) is 0 Å². The number of hydrogen-bond acceptors (Lipinski definition) is 2. The van der Waals surface area contributed by atoms with Gasteiger partial charge in [0.1, 0.15) is 0 Å². The van der Waals surface area contributed by atoms with Gasteiger partial charge in [-0.1, -0.05) is 12.1 Å². The van der Waals surface area contributed by atoms with Crippen molar-refractivity contribution in [3.8, 4) is 0 Å². The molecule has 0 spiro atoms. The van der Waals surface area contributed by atoms with Crippen molar-refractivity contribution in [2.75, 3.05) is 25.0 Å². The first kappa shape index (κ1) is 11.5. The van der Waals surface area contributed by atoms with Crippen LogP contribution in [0.4, 0.5) is 5.69 Å². The first-order chi connectivity index (χ1) is 7.77. The predicted octanol–water partition coefficient (Wildman–Crippen LogP) is 2.71. The summed E-state index contributed by atoms with van der Waals surface area (Å²) < 4.78 is 0. The monoisotopic (exact) mass is 218 g/mol. The van der Waals surface area contributed by atoms with E-state index in [1.54, 1.807) is 0 Å². The normalized spacial score (nSPS) is 20.8. The topological polar surface area (TPSA) is 24.1 Å². The second-order valence-corrected chi connectivity index (χ2v) is 4.84. The summed E-state index contributed by atoms with van der Waals surface area (Å²) in [5.41, 5.74) is 4.05. The van der Waals surface area contributed by atoms with Crippen LogP contribution in [0, 0.1) is 19.8 Å². The van der Waals surface area contributed by atoms with Crippen molar-refractivity contribution in [2.45, 2.75) is 26.7 Å². The van der Waals surface area contributed by atoms with Gasteiger partial charge in [-0.25, -0.2) is 0 Å². The third-order valence-electron chi connectivity index (χ3n) is 3.58. The molecule has 2 rings (SSSR count). The Hall–Kier alpha value is -1.02. The summed E-state index contributed by atoms with van der Waals surface area (Å²) in [4.78, 5) is 0. The van der Waals surface area contributed by atoms with Crippen LogP contribution in [0.5, 0.6) is 0 Å². The summed E-state index contributed by atoms with van der Waals surface area (Å²) >= 11 is 0. The Kier molecular flexibility index (Phi) is 3.83. The molecule has 0 amide bonds. The molecule has 0 aromatic heterocycles. The number of nitrogens with one attached hydrogen (secondary N) is 2. The zero-order chi connectivity index (χ0) is 11.4. The van der Waals surface area contributed by atoms with Gasteiger partial charge < -0.3 is 10.6 Å². The Morgan fingerprint density at radius 1 is 1.38 bits per heavy atom. The smallest absolute Gasteiger partial charge is 0.0372 e. The molecule has 0 saturated carbocycles. The molecule has 88 valence electrons. The van der Waals surface area contributed by atoms with E-state index < -0.39 is 0 Å². The highest BCUT2D eigenvalue weighted by molar-refractivity contribution is 5.53. The second-order valence-electron chi connectivity index (χ2n) is 4.84. The molecule has 1 aromatic carbocycles. The van der Waals surface area contributed by atoms with E-state index in [9.17, 15) is 0 Å². The van der Waals surface area contributed by atoms with Gasteiger partial charge in [-0.05, 0) is 62.9 Å². The standard InChI is InChI=1S/C14H22N2/c1-11-5-3-7-14(12(11)2)16-10-13-6-4-8-15-9-13/h3,5,7,13,15-16H,4,6,8-10H2,1-2H3. The highest BCUT2D eigenvalue weighted by atomic mass is 14.9. The number of hydrogen-bond donors (Lipinski definition) is 2. The van der Waals surface area contributed by atoms with Crippen LogP contribution in [0.2, 0.25) is 0 Å². The zero-order valence-electron chi connectivity index (χ0n) is 10.3. The molecule has 16 heavy (non-hydrogen) atoms. The predicted molar refractivity (Wildman–Crippen MR) is 70.0 cm³/mol. The lowest BCUT2D eigenvalue weighted by Gasteiger charge is -2.24. The average Bonchev–Trinajstić information content (AvgIpc) is 2.32. The fourth-order valence-corrected chi connectivity index (χ4v) is 2.30. The Balaban J connectivity index is 1.91. The number of rotatable bonds is 3. The Labute approximate surface area is 98.4 Å². The molecule has 1 saturated heterocycles. The Morgan fingerprint density at radius 2 is 2.25 bits per heavy atom. The molecule has 1 unspecified atom stereocenters.